The number of hydrogen-bond donors (Lipinski definition) is 2. The molecule has 0 aliphatic rings. The van der Waals surface area contributed by atoms with Crippen LogP contribution in [0.5, 0.6) is 5.75 Å². The van der Waals surface area contributed by atoms with Crippen molar-refractivity contribution < 1.29 is 23.8 Å². The van der Waals surface area contributed by atoms with Crippen LogP contribution in [0, 0.1) is 5.82 Å². The SMILES string of the molecule is CCCn1cc(C(=O)NCC(Oc2ccc(F)cc2)C(=O)O)cn1. The fourth-order valence-corrected chi connectivity index (χ4v) is 1.98. The van der Waals surface area contributed by atoms with E-state index in [1.54, 1.807) is 10.9 Å². The van der Waals surface area contributed by atoms with Crippen LogP contribution in [0.25, 0.3) is 0 Å². The van der Waals surface area contributed by atoms with Crippen molar-refractivity contribution in [1.29, 1.82) is 0 Å². The summed E-state index contributed by atoms with van der Waals surface area (Å²) < 4.78 is 19.7. The molecule has 2 rings (SSSR count). The molecule has 1 aromatic carbocycles. The van der Waals surface area contributed by atoms with Gasteiger partial charge in [-0.3, -0.25) is 9.48 Å². The molecule has 0 saturated carbocycles. The molecule has 128 valence electrons. The maximum absolute atomic E-state index is 12.8. The zero-order chi connectivity index (χ0) is 17.5. The Balaban J connectivity index is 1.93. The molecule has 2 aromatic rings. The normalized spacial score (nSPS) is 11.8. The van der Waals surface area contributed by atoms with Crippen molar-refractivity contribution in [3.63, 3.8) is 0 Å². The van der Waals surface area contributed by atoms with Crippen molar-refractivity contribution in [3.05, 3.63) is 48.0 Å². The molecule has 1 heterocycles. The van der Waals surface area contributed by atoms with Gasteiger partial charge in [-0.05, 0) is 30.7 Å². The zero-order valence-electron chi connectivity index (χ0n) is 13.1. The number of carboxylic acids is 1. The van der Waals surface area contributed by atoms with Gasteiger partial charge in [0, 0.05) is 12.7 Å². The predicted molar refractivity (Wildman–Crippen MR) is 83.3 cm³/mol. The van der Waals surface area contributed by atoms with E-state index >= 15 is 0 Å². The van der Waals surface area contributed by atoms with Gasteiger partial charge in [0.05, 0.1) is 18.3 Å². The summed E-state index contributed by atoms with van der Waals surface area (Å²) in [7, 11) is 0. The van der Waals surface area contributed by atoms with Crippen molar-refractivity contribution in [1.82, 2.24) is 15.1 Å². The van der Waals surface area contributed by atoms with Crippen LogP contribution in [0.4, 0.5) is 4.39 Å². The van der Waals surface area contributed by atoms with Crippen LogP contribution in [-0.2, 0) is 11.3 Å². The number of carbonyl (C=O) groups excluding carboxylic acids is 1. The lowest BCUT2D eigenvalue weighted by atomic mass is 10.3. The van der Waals surface area contributed by atoms with E-state index in [1.165, 1.54) is 18.3 Å². The molecule has 1 amide bonds. The van der Waals surface area contributed by atoms with E-state index in [1.807, 2.05) is 6.92 Å². The Hall–Kier alpha value is -2.90. The van der Waals surface area contributed by atoms with Gasteiger partial charge in [0.1, 0.15) is 11.6 Å². The first-order valence-corrected chi connectivity index (χ1v) is 7.45. The standard InChI is InChI=1S/C16H18FN3O4/c1-2-7-20-10-11(8-19-20)15(21)18-9-14(16(22)23)24-13-5-3-12(17)4-6-13/h3-6,8,10,14H,2,7,9H2,1H3,(H,18,21)(H,22,23). The number of ether oxygens (including phenoxy) is 1. The predicted octanol–water partition coefficient (Wildman–Crippen LogP) is 1.69. The number of nitrogens with one attached hydrogen (secondary N) is 1. The van der Waals surface area contributed by atoms with E-state index in [4.69, 9.17) is 4.74 Å². The highest BCUT2D eigenvalue weighted by molar-refractivity contribution is 5.94. The van der Waals surface area contributed by atoms with E-state index in [0.717, 1.165) is 18.6 Å². The Labute approximate surface area is 138 Å². The molecular weight excluding hydrogens is 317 g/mol. The smallest absolute Gasteiger partial charge is 0.346 e. The molecule has 0 spiro atoms. The van der Waals surface area contributed by atoms with E-state index in [9.17, 15) is 19.1 Å². The minimum atomic E-state index is -1.29. The van der Waals surface area contributed by atoms with E-state index < -0.39 is 23.8 Å². The molecule has 0 radical (unpaired) electrons. The number of benzene rings is 1. The van der Waals surface area contributed by atoms with Gasteiger partial charge in [-0.2, -0.15) is 5.10 Å². The number of nitrogens with zero attached hydrogens (tertiary/aromatic N) is 2. The fraction of sp³-hybridized carbons (Fsp3) is 0.312. The Morgan fingerprint density at radius 3 is 2.71 bits per heavy atom. The number of amides is 1. The van der Waals surface area contributed by atoms with E-state index in [-0.39, 0.29) is 12.3 Å². The van der Waals surface area contributed by atoms with Gasteiger partial charge in [-0.25, -0.2) is 9.18 Å². The molecule has 2 N–H and O–H groups in total. The third-order valence-electron chi connectivity index (χ3n) is 3.16. The number of carbonyl (C=O) groups is 2. The van der Waals surface area contributed by atoms with Gasteiger partial charge >= 0.3 is 5.97 Å². The Morgan fingerprint density at radius 2 is 2.08 bits per heavy atom. The number of aromatic nitrogens is 2. The summed E-state index contributed by atoms with van der Waals surface area (Å²) in [5.41, 5.74) is 0.342. The van der Waals surface area contributed by atoms with Crippen LogP contribution in [0.2, 0.25) is 0 Å². The molecule has 0 bridgehead atoms. The van der Waals surface area contributed by atoms with Crippen LogP contribution in [-0.4, -0.2) is 39.4 Å². The van der Waals surface area contributed by atoms with Crippen molar-refractivity contribution in [3.8, 4) is 5.75 Å². The summed E-state index contributed by atoms with van der Waals surface area (Å²) in [6.45, 7) is 2.45. The maximum atomic E-state index is 12.8. The molecule has 1 aromatic heterocycles. The monoisotopic (exact) mass is 335 g/mol. The van der Waals surface area contributed by atoms with Gasteiger partial charge in [0.2, 0.25) is 6.10 Å². The largest absolute Gasteiger partial charge is 0.478 e. The average Bonchev–Trinajstić information content (AvgIpc) is 3.02. The molecule has 0 saturated heterocycles. The Kier molecular flexibility index (Phi) is 5.89. The quantitative estimate of drug-likeness (QED) is 0.766. The Bertz CT molecular complexity index is 700. The van der Waals surface area contributed by atoms with Gasteiger partial charge in [-0.15, -0.1) is 0 Å². The van der Waals surface area contributed by atoms with Crippen LogP contribution >= 0.6 is 0 Å². The van der Waals surface area contributed by atoms with Crippen molar-refractivity contribution in [2.24, 2.45) is 0 Å². The van der Waals surface area contributed by atoms with Gasteiger partial charge in [-0.1, -0.05) is 6.92 Å². The molecule has 1 atom stereocenters. The van der Waals surface area contributed by atoms with Crippen molar-refractivity contribution in [2.45, 2.75) is 26.0 Å². The van der Waals surface area contributed by atoms with Gasteiger partial charge in [0.25, 0.3) is 5.91 Å². The lowest BCUT2D eigenvalue weighted by Crippen LogP contribution is -2.40. The second kappa shape index (κ2) is 8.09. The van der Waals surface area contributed by atoms with Crippen LogP contribution < -0.4 is 10.1 Å². The second-order valence-corrected chi connectivity index (χ2v) is 5.10. The molecule has 8 heteroatoms. The van der Waals surface area contributed by atoms with Crippen LogP contribution in [0.3, 0.4) is 0 Å². The van der Waals surface area contributed by atoms with Crippen LogP contribution in [0.1, 0.15) is 23.7 Å². The summed E-state index contributed by atoms with van der Waals surface area (Å²) >= 11 is 0. The van der Waals surface area contributed by atoms with Crippen LogP contribution in [0.15, 0.2) is 36.7 Å². The maximum Gasteiger partial charge on any atom is 0.346 e. The average molecular weight is 335 g/mol. The first kappa shape index (κ1) is 17.5. The molecule has 0 aliphatic heterocycles. The van der Waals surface area contributed by atoms with Crippen molar-refractivity contribution in [2.75, 3.05) is 6.54 Å². The molecular formula is C16H18FN3O4. The number of hydrogen-bond acceptors (Lipinski definition) is 4. The Morgan fingerprint density at radius 1 is 1.38 bits per heavy atom. The lowest BCUT2D eigenvalue weighted by molar-refractivity contribution is -0.144. The number of aliphatic carboxylic acids is 1. The van der Waals surface area contributed by atoms with Crippen molar-refractivity contribution >= 4 is 11.9 Å². The topological polar surface area (TPSA) is 93.5 Å². The third kappa shape index (κ3) is 4.80. The molecule has 0 aliphatic carbocycles. The molecule has 1 unspecified atom stereocenters. The first-order chi connectivity index (χ1) is 11.5. The molecule has 0 fully saturated rings. The fourth-order valence-electron chi connectivity index (χ4n) is 1.98. The summed E-state index contributed by atoms with van der Waals surface area (Å²) in [4.78, 5) is 23.3. The highest BCUT2D eigenvalue weighted by Gasteiger charge is 2.21. The van der Waals surface area contributed by atoms with E-state index in [2.05, 4.69) is 10.4 Å². The summed E-state index contributed by atoms with van der Waals surface area (Å²) in [5.74, 6) is -1.92. The summed E-state index contributed by atoms with van der Waals surface area (Å²) in [6, 6.07) is 4.97. The summed E-state index contributed by atoms with van der Waals surface area (Å²) in [5, 5.41) is 15.7. The van der Waals surface area contributed by atoms with Gasteiger partial charge in [0.15, 0.2) is 0 Å². The second-order valence-electron chi connectivity index (χ2n) is 5.10. The number of halogens is 1. The highest BCUT2D eigenvalue weighted by Crippen LogP contribution is 2.13. The number of aryl methyl sites for hydroxylation is 1. The molecule has 7 nitrogen and oxygen atoms in total. The summed E-state index contributed by atoms with van der Waals surface area (Å²) in [6.07, 6.45) is 2.61. The third-order valence-corrected chi connectivity index (χ3v) is 3.16. The minimum absolute atomic E-state index is 0.203. The minimum Gasteiger partial charge on any atom is -0.478 e. The number of carboxylic acid groups (broad SMARTS) is 1. The first-order valence-electron chi connectivity index (χ1n) is 7.45. The van der Waals surface area contributed by atoms with Gasteiger partial charge < -0.3 is 15.2 Å². The highest BCUT2D eigenvalue weighted by atomic mass is 19.1. The number of rotatable bonds is 8. The zero-order valence-corrected chi connectivity index (χ0v) is 13.1. The lowest BCUT2D eigenvalue weighted by Gasteiger charge is -2.15. The molecule has 24 heavy (non-hydrogen) atoms. The van der Waals surface area contributed by atoms with E-state index in [0.29, 0.717) is 12.1 Å².